The number of amides is 1. The predicted molar refractivity (Wildman–Crippen MR) is 119 cm³/mol. The monoisotopic (exact) mass is 450 g/mol. The summed E-state index contributed by atoms with van der Waals surface area (Å²) < 4.78 is 40.6. The smallest absolute Gasteiger partial charge is 0.356 e. The summed E-state index contributed by atoms with van der Waals surface area (Å²) in [6.07, 6.45) is 0.318. The molecule has 1 aliphatic rings. The summed E-state index contributed by atoms with van der Waals surface area (Å²) in [5.74, 6) is 0.679. The molecule has 0 aliphatic carbocycles. The van der Waals surface area contributed by atoms with E-state index in [-0.39, 0.29) is 12.3 Å². The molecule has 1 atom stereocenters. The Morgan fingerprint density at radius 3 is 2.75 bits per heavy atom. The van der Waals surface area contributed by atoms with Crippen molar-refractivity contribution in [3.05, 3.63) is 46.8 Å². The van der Waals surface area contributed by atoms with Gasteiger partial charge >= 0.3 is 6.18 Å². The molecular formula is C24H33F3N4O. The van der Waals surface area contributed by atoms with Crippen LogP contribution in [0.25, 0.3) is 5.69 Å². The molecule has 1 unspecified atom stereocenters. The number of carbonyl (C=O) groups excluding carboxylic acids is 1. The fraction of sp³-hybridized carbons (Fsp3) is 0.583. The van der Waals surface area contributed by atoms with Crippen LogP contribution in [0.5, 0.6) is 0 Å². The average molecular weight is 451 g/mol. The highest BCUT2D eigenvalue weighted by molar-refractivity contribution is 5.79. The molecule has 3 rings (SSSR count). The van der Waals surface area contributed by atoms with E-state index >= 15 is 0 Å². The van der Waals surface area contributed by atoms with Gasteiger partial charge in [-0.15, -0.1) is 0 Å². The molecule has 176 valence electrons. The molecule has 0 saturated carbocycles. The van der Waals surface area contributed by atoms with Crippen molar-refractivity contribution in [2.24, 2.45) is 5.92 Å². The fourth-order valence-corrected chi connectivity index (χ4v) is 4.40. The van der Waals surface area contributed by atoms with Gasteiger partial charge in [-0.2, -0.15) is 18.3 Å². The van der Waals surface area contributed by atoms with Gasteiger partial charge in [-0.1, -0.05) is 13.0 Å². The third kappa shape index (κ3) is 6.34. The Hall–Kier alpha value is -2.35. The van der Waals surface area contributed by atoms with E-state index in [0.29, 0.717) is 23.6 Å². The molecule has 1 amide bonds. The lowest BCUT2D eigenvalue weighted by Gasteiger charge is -2.30. The Balaban J connectivity index is 1.52. The number of hydrogen-bond donors (Lipinski definition) is 1. The molecule has 0 bridgehead atoms. The Kier molecular flexibility index (Phi) is 7.98. The van der Waals surface area contributed by atoms with Gasteiger partial charge in [0.25, 0.3) is 0 Å². The number of aromatic nitrogens is 2. The van der Waals surface area contributed by atoms with Crippen LogP contribution in [0.1, 0.15) is 55.1 Å². The van der Waals surface area contributed by atoms with Gasteiger partial charge in [0, 0.05) is 24.3 Å². The first-order valence-corrected chi connectivity index (χ1v) is 11.4. The Morgan fingerprint density at radius 1 is 1.25 bits per heavy atom. The van der Waals surface area contributed by atoms with E-state index in [2.05, 4.69) is 22.2 Å². The average Bonchev–Trinajstić information content (AvgIpc) is 3.01. The van der Waals surface area contributed by atoms with Crippen LogP contribution in [-0.2, 0) is 17.4 Å². The second-order valence-corrected chi connectivity index (χ2v) is 8.89. The maximum absolute atomic E-state index is 13.1. The van der Waals surface area contributed by atoms with Crippen molar-refractivity contribution in [1.29, 1.82) is 0 Å². The highest BCUT2D eigenvalue weighted by Crippen LogP contribution is 2.31. The van der Waals surface area contributed by atoms with Gasteiger partial charge in [-0.25, -0.2) is 4.68 Å². The third-order valence-corrected chi connectivity index (χ3v) is 6.16. The van der Waals surface area contributed by atoms with Crippen molar-refractivity contribution in [1.82, 2.24) is 20.0 Å². The highest BCUT2D eigenvalue weighted by atomic mass is 19.4. The minimum Gasteiger partial charge on any atom is -0.356 e. The minimum atomic E-state index is -4.42. The first-order valence-electron chi connectivity index (χ1n) is 11.4. The van der Waals surface area contributed by atoms with E-state index in [9.17, 15) is 18.0 Å². The molecule has 1 aromatic heterocycles. The number of rotatable bonds is 8. The van der Waals surface area contributed by atoms with Crippen LogP contribution in [0.15, 0.2) is 24.3 Å². The van der Waals surface area contributed by atoms with Crippen LogP contribution < -0.4 is 5.32 Å². The summed E-state index contributed by atoms with van der Waals surface area (Å²) in [4.78, 5) is 15.0. The molecule has 1 N–H and O–H groups in total. The predicted octanol–water partition coefficient (Wildman–Crippen LogP) is 4.68. The molecule has 1 aromatic carbocycles. The summed E-state index contributed by atoms with van der Waals surface area (Å²) >= 11 is 0. The summed E-state index contributed by atoms with van der Waals surface area (Å²) in [7, 11) is 0. The van der Waals surface area contributed by atoms with Crippen LogP contribution in [0, 0.1) is 19.8 Å². The van der Waals surface area contributed by atoms with E-state index in [0.717, 1.165) is 43.0 Å². The van der Waals surface area contributed by atoms with Crippen molar-refractivity contribution in [3.8, 4) is 5.69 Å². The zero-order valence-corrected chi connectivity index (χ0v) is 19.1. The van der Waals surface area contributed by atoms with Crippen LogP contribution in [0.4, 0.5) is 13.2 Å². The normalized spacial score (nSPS) is 17.5. The SMILES string of the molecule is Cc1nn(-c2cccc(C(F)(F)F)c2)c(C)c1CC(=O)NCCCCN1CCCC(C)C1. The number of aryl methyl sites for hydroxylation is 1. The van der Waals surface area contributed by atoms with Gasteiger partial charge < -0.3 is 10.2 Å². The maximum Gasteiger partial charge on any atom is 0.416 e. The molecule has 2 aromatic rings. The Bertz CT molecular complexity index is 922. The Labute approximate surface area is 188 Å². The summed E-state index contributed by atoms with van der Waals surface area (Å²) in [5, 5.41) is 7.35. The number of likely N-dealkylation sites (tertiary alicyclic amines) is 1. The first-order chi connectivity index (χ1) is 15.1. The number of nitrogens with one attached hydrogen (secondary N) is 1. The van der Waals surface area contributed by atoms with Gasteiger partial charge in [0.1, 0.15) is 0 Å². The first kappa shape index (κ1) is 24.3. The third-order valence-electron chi connectivity index (χ3n) is 6.16. The number of nitrogens with zero attached hydrogens (tertiary/aromatic N) is 3. The van der Waals surface area contributed by atoms with E-state index in [4.69, 9.17) is 0 Å². The van der Waals surface area contributed by atoms with Crippen LogP contribution in [0.3, 0.4) is 0 Å². The number of carbonyl (C=O) groups is 1. The topological polar surface area (TPSA) is 50.2 Å². The second kappa shape index (κ2) is 10.5. The van der Waals surface area contributed by atoms with E-state index in [1.807, 2.05) is 0 Å². The zero-order chi connectivity index (χ0) is 23.3. The number of alkyl halides is 3. The molecule has 0 radical (unpaired) electrons. The summed E-state index contributed by atoms with van der Waals surface area (Å²) in [5.41, 5.74) is 1.69. The zero-order valence-electron chi connectivity index (χ0n) is 19.1. The fourth-order valence-electron chi connectivity index (χ4n) is 4.40. The molecule has 1 saturated heterocycles. The van der Waals surface area contributed by atoms with Gasteiger partial charge in [0.15, 0.2) is 0 Å². The minimum absolute atomic E-state index is 0.0913. The molecule has 2 heterocycles. The molecule has 0 spiro atoms. The lowest BCUT2D eigenvalue weighted by molar-refractivity contribution is -0.137. The van der Waals surface area contributed by atoms with Crippen molar-refractivity contribution >= 4 is 5.91 Å². The van der Waals surface area contributed by atoms with Crippen LogP contribution in [0.2, 0.25) is 0 Å². The molecular weight excluding hydrogens is 417 g/mol. The summed E-state index contributed by atoms with van der Waals surface area (Å²) in [6.45, 7) is 9.89. The van der Waals surface area contributed by atoms with Crippen LogP contribution >= 0.6 is 0 Å². The van der Waals surface area contributed by atoms with Gasteiger partial charge in [-0.3, -0.25) is 4.79 Å². The van der Waals surface area contributed by atoms with Crippen LogP contribution in [-0.4, -0.2) is 46.8 Å². The lowest BCUT2D eigenvalue weighted by Crippen LogP contribution is -2.35. The number of hydrogen-bond acceptors (Lipinski definition) is 3. The molecule has 32 heavy (non-hydrogen) atoms. The van der Waals surface area contributed by atoms with Gasteiger partial charge in [0.2, 0.25) is 5.91 Å². The molecule has 8 heteroatoms. The van der Waals surface area contributed by atoms with Crippen molar-refractivity contribution in [3.63, 3.8) is 0 Å². The van der Waals surface area contributed by atoms with Crippen molar-refractivity contribution in [2.75, 3.05) is 26.2 Å². The number of piperidine rings is 1. The van der Waals surface area contributed by atoms with E-state index in [1.54, 1.807) is 19.9 Å². The quantitative estimate of drug-likeness (QED) is 0.594. The van der Waals surface area contributed by atoms with Crippen molar-refractivity contribution < 1.29 is 18.0 Å². The van der Waals surface area contributed by atoms with E-state index < -0.39 is 11.7 Å². The standard InChI is InChI=1S/C24H33F3N4O/c1-17-8-7-13-30(16-17)12-5-4-11-28-23(32)15-22-18(2)29-31(19(22)3)21-10-6-9-20(14-21)24(25,26)27/h6,9-10,14,17H,4-5,7-8,11-13,15-16H2,1-3H3,(H,28,32). The number of halogens is 3. The molecule has 1 aliphatic heterocycles. The van der Waals surface area contributed by atoms with E-state index in [1.165, 1.54) is 36.7 Å². The molecule has 1 fully saturated rings. The Morgan fingerprint density at radius 2 is 2.03 bits per heavy atom. The molecule has 5 nitrogen and oxygen atoms in total. The largest absolute Gasteiger partial charge is 0.416 e. The summed E-state index contributed by atoms with van der Waals surface area (Å²) in [6, 6.07) is 5.06. The number of benzene rings is 1. The second-order valence-electron chi connectivity index (χ2n) is 8.89. The maximum atomic E-state index is 13.1. The number of unbranched alkanes of at least 4 members (excludes halogenated alkanes) is 1. The van der Waals surface area contributed by atoms with Gasteiger partial charge in [-0.05, 0) is 76.7 Å². The highest BCUT2D eigenvalue weighted by Gasteiger charge is 2.30. The van der Waals surface area contributed by atoms with Crippen molar-refractivity contribution in [2.45, 2.75) is 59.1 Å². The van der Waals surface area contributed by atoms with Gasteiger partial charge in [0.05, 0.1) is 23.4 Å². The lowest BCUT2D eigenvalue weighted by atomic mass is 10.0.